The molecular weight excluding hydrogens is 517 g/mol. The maximum absolute atomic E-state index is 12.7. The highest BCUT2D eigenvalue weighted by molar-refractivity contribution is 7.90. The highest BCUT2D eigenvalue weighted by atomic mass is 35.5. The van der Waals surface area contributed by atoms with Gasteiger partial charge in [0, 0.05) is 28.4 Å². The van der Waals surface area contributed by atoms with Gasteiger partial charge in [-0.3, -0.25) is 0 Å². The number of ether oxygens (including phenoxy) is 1. The van der Waals surface area contributed by atoms with Crippen LogP contribution in [0, 0.1) is 6.92 Å². The molecule has 0 saturated carbocycles. The predicted molar refractivity (Wildman–Crippen MR) is 122 cm³/mol. The minimum absolute atomic E-state index is 0.108. The SMILES string of the molecule is Cc1cc(N2CCOc3cc(S(=O)(=O)Cc4nccs4)ccc32)ccc1Cl.O=C(O)C(F)(F)F. The Morgan fingerprint density at radius 1 is 1.26 bits per heavy atom. The first kappa shape index (κ1) is 25.8. The van der Waals surface area contributed by atoms with Crippen LogP contribution in [0.15, 0.2) is 52.9 Å². The Bertz CT molecular complexity index is 1280. The van der Waals surface area contributed by atoms with E-state index in [1.54, 1.807) is 29.8 Å². The summed E-state index contributed by atoms with van der Waals surface area (Å²) >= 11 is 7.47. The van der Waals surface area contributed by atoms with Crippen LogP contribution in [0.4, 0.5) is 24.5 Å². The number of aromatic nitrogens is 1. The average molecular weight is 535 g/mol. The number of sulfone groups is 1. The van der Waals surface area contributed by atoms with Crippen molar-refractivity contribution in [2.75, 3.05) is 18.1 Å². The lowest BCUT2D eigenvalue weighted by molar-refractivity contribution is -0.192. The van der Waals surface area contributed by atoms with Crippen molar-refractivity contribution in [1.82, 2.24) is 4.98 Å². The second-order valence-corrected chi connectivity index (χ2v) is 10.4. The summed E-state index contributed by atoms with van der Waals surface area (Å²) in [5.41, 5.74) is 2.83. The highest BCUT2D eigenvalue weighted by Crippen LogP contribution is 2.39. The standard InChI is InChI=1S/C19H17ClN2O3S2.C2HF3O2/c1-13-10-14(2-4-16(13)20)22-7-8-25-18-11-15(3-5-17(18)22)27(23,24)12-19-21-6-9-26-19;3-2(4,5)1(6)7/h2-6,9-11H,7-8,12H2,1H3;(H,6,7). The van der Waals surface area contributed by atoms with E-state index in [9.17, 15) is 21.6 Å². The quantitative estimate of drug-likeness (QED) is 0.488. The zero-order chi connectivity index (χ0) is 25.1. The van der Waals surface area contributed by atoms with E-state index in [0.29, 0.717) is 23.9 Å². The Kier molecular flexibility index (Phi) is 7.74. The number of carbonyl (C=O) groups is 1. The van der Waals surface area contributed by atoms with Gasteiger partial charge in [0.15, 0.2) is 9.84 Å². The van der Waals surface area contributed by atoms with Gasteiger partial charge in [0.05, 0.1) is 17.1 Å². The Morgan fingerprint density at radius 3 is 2.56 bits per heavy atom. The van der Waals surface area contributed by atoms with Crippen LogP contribution in [-0.2, 0) is 20.4 Å². The van der Waals surface area contributed by atoms with E-state index in [1.807, 2.05) is 25.1 Å². The summed E-state index contributed by atoms with van der Waals surface area (Å²) in [6.07, 6.45) is -3.47. The Morgan fingerprint density at radius 2 is 1.97 bits per heavy atom. The van der Waals surface area contributed by atoms with Crippen LogP contribution in [0.1, 0.15) is 10.6 Å². The molecule has 182 valence electrons. The number of halogens is 4. The fourth-order valence-electron chi connectivity index (χ4n) is 3.03. The number of thiazole rings is 1. The molecule has 3 aromatic rings. The van der Waals surface area contributed by atoms with Crippen LogP contribution in [-0.4, -0.2) is 43.8 Å². The first-order valence-corrected chi connectivity index (χ1v) is 12.5. The molecule has 2 aromatic carbocycles. The zero-order valence-corrected chi connectivity index (χ0v) is 19.9. The van der Waals surface area contributed by atoms with Crippen molar-refractivity contribution in [2.24, 2.45) is 0 Å². The van der Waals surface area contributed by atoms with Crippen LogP contribution in [0.2, 0.25) is 5.02 Å². The smallest absolute Gasteiger partial charge is 0.489 e. The lowest BCUT2D eigenvalue weighted by Gasteiger charge is -2.32. The maximum Gasteiger partial charge on any atom is 0.490 e. The summed E-state index contributed by atoms with van der Waals surface area (Å²) in [6.45, 7) is 3.12. The number of hydrogen-bond donors (Lipinski definition) is 1. The van der Waals surface area contributed by atoms with Gasteiger partial charge >= 0.3 is 12.1 Å². The number of aliphatic carboxylic acids is 1. The number of nitrogens with zero attached hydrogens (tertiary/aromatic N) is 2. The number of rotatable bonds is 4. The summed E-state index contributed by atoms with van der Waals surface area (Å²) in [6, 6.07) is 10.9. The van der Waals surface area contributed by atoms with E-state index >= 15 is 0 Å². The molecule has 1 N–H and O–H groups in total. The zero-order valence-electron chi connectivity index (χ0n) is 17.5. The summed E-state index contributed by atoms with van der Waals surface area (Å²) < 4.78 is 62.9. The fourth-order valence-corrected chi connectivity index (χ4v) is 5.41. The fraction of sp³-hybridized carbons (Fsp3) is 0.238. The molecule has 0 spiro atoms. The topological polar surface area (TPSA) is 96.8 Å². The van der Waals surface area contributed by atoms with Crippen molar-refractivity contribution in [3.63, 3.8) is 0 Å². The maximum atomic E-state index is 12.7. The van der Waals surface area contributed by atoms with Gasteiger partial charge in [-0.2, -0.15) is 13.2 Å². The number of fused-ring (bicyclic) bond motifs is 1. The lowest BCUT2D eigenvalue weighted by Crippen LogP contribution is -2.28. The minimum Gasteiger partial charge on any atom is -0.489 e. The van der Waals surface area contributed by atoms with Gasteiger partial charge < -0.3 is 14.7 Å². The molecule has 2 heterocycles. The molecule has 1 aliphatic rings. The van der Waals surface area contributed by atoms with E-state index in [2.05, 4.69) is 9.88 Å². The predicted octanol–water partition coefficient (Wildman–Crippen LogP) is 5.24. The number of aryl methyl sites for hydroxylation is 1. The van der Waals surface area contributed by atoms with Gasteiger partial charge in [-0.25, -0.2) is 18.2 Å². The molecule has 0 radical (unpaired) electrons. The molecule has 13 heteroatoms. The first-order chi connectivity index (χ1) is 15.9. The number of carboxylic acid groups (broad SMARTS) is 1. The van der Waals surface area contributed by atoms with Crippen LogP contribution in [0.25, 0.3) is 0 Å². The molecule has 4 rings (SSSR count). The van der Waals surface area contributed by atoms with E-state index in [4.69, 9.17) is 26.2 Å². The molecule has 0 fully saturated rings. The summed E-state index contributed by atoms with van der Waals surface area (Å²) in [7, 11) is -3.48. The van der Waals surface area contributed by atoms with Gasteiger partial charge in [-0.15, -0.1) is 11.3 Å². The van der Waals surface area contributed by atoms with Crippen LogP contribution in [0.3, 0.4) is 0 Å². The van der Waals surface area contributed by atoms with Crippen LogP contribution < -0.4 is 9.64 Å². The molecule has 0 saturated heterocycles. The molecule has 0 atom stereocenters. The molecule has 0 amide bonds. The van der Waals surface area contributed by atoms with E-state index in [0.717, 1.165) is 22.0 Å². The van der Waals surface area contributed by atoms with Crippen LogP contribution >= 0.6 is 22.9 Å². The largest absolute Gasteiger partial charge is 0.490 e. The van der Waals surface area contributed by atoms with Crippen molar-refractivity contribution in [1.29, 1.82) is 0 Å². The summed E-state index contributed by atoms with van der Waals surface area (Å²) in [5.74, 6) is -2.30. The Labute approximate surface area is 202 Å². The third kappa shape index (κ3) is 6.19. The van der Waals surface area contributed by atoms with Crippen LogP contribution in [0.5, 0.6) is 5.75 Å². The average Bonchev–Trinajstić information content (AvgIpc) is 3.27. The van der Waals surface area contributed by atoms with Gasteiger partial charge in [0.2, 0.25) is 0 Å². The van der Waals surface area contributed by atoms with Crippen molar-refractivity contribution in [3.8, 4) is 5.75 Å². The van der Waals surface area contributed by atoms with Gasteiger partial charge in [-0.1, -0.05) is 11.6 Å². The molecule has 0 aliphatic carbocycles. The number of carboxylic acids is 1. The second-order valence-electron chi connectivity index (χ2n) is 7.05. The number of benzene rings is 2. The molecule has 34 heavy (non-hydrogen) atoms. The first-order valence-electron chi connectivity index (χ1n) is 9.60. The molecule has 0 unspecified atom stereocenters. The van der Waals surface area contributed by atoms with Gasteiger partial charge in [-0.05, 0) is 42.8 Å². The third-order valence-electron chi connectivity index (χ3n) is 4.65. The second kappa shape index (κ2) is 10.2. The molecule has 1 aliphatic heterocycles. The lowest BCUT2D eigenvalue weighted by atomic mass is 10.1. The number of anilines is 2. The molecular formula is C21H18ClF3N2O5S2. The van der Waals surface area contributed by atoms with E-state index in [1.165, 1.54) is 11.3 Å². The van der Waals surface area contributed by atoms with E-state index in [-0.39, 0.29) is 10.6 Å². The third-order valence-corrected chi connectivity index (χ3v) is 7.66. The van der Waals surface area contributed by atoms with Crippen molar-refractivity contribution >= 4 is 50.1 Å². The number of hydrogen-bond acceptors (Lipinski definition) is 7. The van der Waals surface area contributed by atoms with Crippen molar-refractivity contribution in [3.05, 3.63) is 63.6 Å². The molecule has 7 nitrogen and oxygen atoms in total. The van der Waals surface area contributed by atoms with Crippen molar-refractivity contribution in [2.45, 2.75) is 23.7 Å². The normalized spacial score (nSPS) is 13.4. The minimum atomic E-state index is -5.08. The monoisotopic (exact) mass is 534 g/mol. The summed E-state index contributed by atoms with van der Waals surface area (Å²) in [5, 5.41) is 10.2. The molecule has 0 bridgehead atoms. The van der Waals surface area contributed by atoms with Gasteiger partial charge in [0.1, 0.15) is 23.1 Å². The molecule has 1 aromatic heterocycles. The number of alkyl halides is 3. The van der Waals surface area contributed by atoms with Crippen molar-refractivity contribution < 1.29 is 36.2 Å². The van der Waals surface area contributed by atoms with Gasteiger partial charge in [0.25, 0.3) is 0 Å². The Hall–Kier alpha value is -2.83. The Balaban J connectivity index is 0.000000406. The van der Waals surface area contributed by atoms with E-state index < -0.39 is 22.0 Å². The highest BCUT2D eigenvalue weighted by Gasteiger charge is 2.38. The summed E-state index contributed by atoms with van der Waals surface area (Å²) in [4.78, 5) is 15.3.